The van der Waals surface area contributed by atoms with Gasteiger partial charge in [0.25, 0.3) is 0 Å². The molecule has 0 aromatic carbocycles. The Morgan fingerprint density at radius 3 is 2.33 bits per heavy atom. The molecule has 0 aromatic rings. The van der Waals surface area contributed by atoms with Gasteiger partial charge in [-0.15, -0.1) is 0 Å². The number of rotatable bonds is 1. The lowest BCUT2D eigenvalue weighted by Gasteiger charge is -2.43. The number of aliphatic hydroxyl groups is 2. The van der Waals surface area contributed by atoms with Gasteiger partial charge in [-0.3, -0.25) is 4.79 Å². The maximum Gasteiger partial charge on any atom is 0.164 e. The maximum atomic E-state index is 12.5. The maximum absolute atomic E-state index is 12.5. The molecule has 3 aliphatic carbocycles. The smallest absolute Gasteiger partial charge is 0.164 e. The molecule has 3 rings (SSSR count). The number of aliphatic hydroxyl groups excluding tert-OH is 1. The van der Waals surface area contributed by atoms with E-state index in [1.54, 1.807) is 0 Å². The van der Waals surface area contributed by atoms with Gasteiger partial charge in [0.05, 0.1) is 18.1 Å². The Hall–Kier alpha value is -0.670. The molecule has 0 heterocycles. The lowest BCUT2D eigenvalue weighted by atomic mass is 9.64. The zero-order chi connectivity index (χ0) is 13.3. The summed E-state index contributed by atoms with van der Waals surface area (Å²) in [6.07, 6.45) is 3.26. The number of carbonyl (C=O) groups excluding carboxylic acids is 1. The average Bonchev–Trinajstić information content (AvgIpc) is 2.98. The van der Waals surface area contributed by atoms with Crippen molar-refractivity contribution in [2.45, 2.75) is 52.1 Å². The van der Waals surface area contributed by atoms with Crippen LogP contribution in [0.5, 0.6) is 0 Å². The molecule has 18 heavy (non-hydrogen) atoms. The second-order valence-electron chi connectivity index (χ2n) is 7.30. The van der Waals surface area contributed by atoms with Crippen molar-refractivity contribution in [3.8, 4) is 0 Å². The molecule has 2 atom stereocenters. The molecule has 3 aliphatic rings. The topological polar surface area (TPSA) is 57.5 Å². The van der Waals surface area contributed by atoms with Crippen LogP contribution in [0.3, 0.4) is 0 Å². The van der Waals surface area contributed by atoms with E-state index in [4.69, 9.17) is 0 Å². The van der Waals surface area contributed by atoms with Crippen molar-refractivity contribution in [2.24, 2.45) is 16.7 Å². The predicted octanol–water partition coefficient (Wildman–Crippen LogP) is 1.83. The molecule has 1 fully saturated rings. The monoisotopic (exact) mass is 250 g/mol. The van der Waals surface area contributed by atoms with Crippen molar-refractivity contribution in [1.82, 2.24) is 0 Å². The second kappa shape index (κ2) is 3.26. The molecular weight excluding hydrogens is 228 g/mol. The zero-order valence-corrected chi connectivity index (χ0v) is 11.4. The van der Waals surface area contributed by atoms with Gasteiger partial charge in [0.2, 0.25) is 0 Å². The Morgan fingerprint density at radius 2 is 1.83 bits per heavy atom. The van der Waals surface area contributed by atoms with Gasteiger partial charge in [0.1, 0.15) is 0 Å². The summed E-state index contributed by atoms with van der Waals surface area (Å²) in [7, 11) is 0. The summed E-state index contributed by atoms with van der Waals surface area (Å²) in [5.41, 5.74) is 0.543. The number of carbonyl (C=O) groups is 1. The first-order valence-electron chi connectivity index (χ1n) is 6.85. The van der Waals surface area contributed by atoms with E-state index in [1.165, 1.54) is 0 Å². The van der Waals surface area contributed by atoms with Crippen LogP contribution in [0.1, 0.15) is 46.5 Å². The zero-order valence-electron chi connectivity index (χ0n) is 11.4. The standard InChI is InChI=1S/C15H22O3/c1-13(2)6-9-10(7-13)14(3,18)15(4-5-15)11(8-16)12(9)17/h11,16,18H,4-8H2,1-3H3/t11-,14+/m1/s1. The summed E-state index contributed by atoms with van der Waals surface area (Å²) >= 11 is 0. The largest absolute Gasteiger partial charge is 0.396 e. The van der Waals surface area contributed by atoms with Gasteiger partial charge in [0.15, 0.2) is 5.78 Å². The molecule has 0 saturated heterocycles. The lowest BCUT2D eigenvalue weighted by molar-refractivity contribution is -0.131. The third kappa shape index (κ3) is 1.29. The van der Waals surface area contributed by atoms with Crippen LogP contribution in [0.2, 0.25) is 0 Å². The number of allylic oxidation sites excluding steroid dienone is 1. The molecule has 0 aliphatic heterocycles. The van der Waals surface area contributed by atoms with Crippen LogP contribution in [0.15, 0.2) is 11.1 Å². The highest BCUT2D eigenvalue weighted by Gasteiger charge is 2.68. The lowest BCUT2D eigenvalue weighted by Crippen LogP contribution is -2.51. The number of hydrogen-bond donors (Lipinski definition) is 2. The summed E-state index contributed by atoms with van der Waals surface area (Å²) in [5.74, 6) is -0.290. The minimum absolute atomic E-state index is 0.0603. The summed E-state index contributed by atoms with van der Waals surface area (Å²) in [5, 5.41) is 20.5. The minimum Gasteiger partial charge on any atom is -0.396 e. The fourth-order valence-electron chi connectivity index (χ4n) is 4.26. The normalized spacial score (nSPS) is 40.3. The molecule has 2 N–H and O–H groups in total. The van der Waals surface area contributed by atoms with Crippen molar-refractivity contribution < 1.29 is 15.0 Å². The van der Waals surface area contributed by atoms with Gasteiger partial charge in [-0.2, -0.15) is 0 Å². The number of hydrogen-bond acceptors (Lipinski definition) is 3. The van der Waals surface area contributed by atoms with Crippen molar-refractivity contribution in [2.75, 3.05) is 6.61 Å². The molecule has 0 unspecified atom stereocenters. The van der Waals surface area contributed by atoms with Crippen molar-refractivity contribution in [1.29, 1.82) is 0 Å². The van der Waals surface area contributed by atoms with E-state index in [0.29, 0.717) is 0 Å². The van der Waals surface area contributed by atoms with Crippen molar-refractivity contribution in [3.05, 3.63) is 11.1 Å². The van der Waals surface area contributed by atoms with Gasteiger partial charge in [0, 0.05) is 5.41 Å². The molecule has 1 spiro atoms. The first-order valence-corrected chi connectivity index (χ1v) is 6.85. The van der Waals surface area contributed by atoms with Crippen LogP contribution in [0, 0.1) is 16.7 Å². The van der Waals surface area contributed by atoms with Gasteiger partial charge in [-0.25, -0.2) is 0 Å². The van der Waals surface area contributed by atoms with E-state index in [0.717, 1.165) is 36.8 Å². The Kier molecular flexibility index (Phi) is 2.24. The average molecular weight is 250 g/mol. The Labute approximate surface area is 108 Å². The SMILES string of the molecule is CC1(C)CC2=C(C1)[C@](C)(O)C1(CC1)[C@H](CO)C2=O. The first-order chi connectivity index (χ1) is 8.25. The van der Waals surface area contributed by atoms with Gasteiger partial charge >= 0.3 is 0 Å². The molecule has 1 saturated carbocycles. The van der Waals surface area contributed by atoms with Crippen LogP contribution in [-0.2, 0) is 4.79 Å². The van der Waals surface area contributed by atoms with Gasteiger partial charge in [-0.05, 0) is 49.2 Å². The van der Waals surface area contributed by atoms with Crippen LogP contribution >= 0.6 is 0 Å². The van der Waals surface area contributed by atoms with E-state index in [1.807, 2.05) is 6.92 Å². The molecule has 0 aromatic heterocycles. The Bertz CT molecular complexity index is 452. The number of Topliss-reactive ketones (excluding diaryl/α,β-unsaturated/α-hetero) is 1. The van der Waals surface area contributed by atoms with Gasteiger partial charge < -0.3 is 10.2 Å². The molecule has 0 bridgehead atoms. The highest BCUT2D eigenvalue weighted by molar-refractivity contribution is 6.01. The van der Waals surface area contributed by atoms with Crippen LogP contribution < -0.4 is 0 Å². The molecule has 3 heteroatoms. The third-order valence-corrected chi connectivity index (χ3v) is 5.48. The summed E-state index contributed by atoms with van der Waals surface area (Å²) < 4.78 is 0. The molecule has 3 nitrogen and oxygen atoms in total. The van der Waals surface area contributed by atoms with Crippen LogP contribution in [-0.4, -0.2) is 28.2 Å². The Balaban J connectivity index is 2.12. The highest BCUT2D eigenvalue weighted by atomic mass is 16.3. The molecule has 0 radical (unpaired) electrons. The highest BCUT2D eigenvalue weighted by Crippen LogP contribution is 2.67. The predicted molar refractivity (Wildman–Crippen MR) is 67.9 cm³/mol. The van der Waals surface area contributed by atoms with E-state index >= 15 is 0 Å². The molecule has 0 amide bonds. The quantitative estimate of drug-likeness (QED) is 0.746. The second-order valence-corrected chi connectivity index (χ2v) is 7.30. The fourth-order valence-corrected chi connectivity index (χ4v) is 4.26. The van der Waals surface area contributed by atoms with Crippen molar-refractivity contribution >= 4 is 5.78 Å². The summed E-state index contributed by atoms with van der Waals surface area (Å²) in [6.45, 7) is 6.00. The van der Waals surface area contributed by atoms with Crippen LogP contribution in [0.4, 0.5) is 0 Å². The fraction of sp³-hybridized carbons (Fsp3) is 0.800. The Morgan fingerprint density at radius 1 is 1.22 bits per heavy atom. The van der Waals surface area contributed by atoms with Crippen molar-refractivity contribution in [3.63, 3.8) is 0 Å². The summed E-state index contributed by atoms with van der Waals surface area (Å²) in [4.78, 5) is 12.5. The molecule has 100 valence electrons. The minimum atomic E-state index is -0.905. The summed E-state index contributed by atoms with van der Waals surface area (Å²) in [6, 6.07) is 0. The first kappa shape index (κ1) is 12.4. The van der Waals surface area contributed by atoms with E-state index in [9.17, 15) is 15.0 Å². The van der Waals surface area contributed by atoms with E-state index in [2.05, 4.69) is 13.8 Å². The number of ketones is 1. The van der Waals surface area contributed by atoms with E-state index < -0.39 is 5.60 Å². The van der Waals surface area contributed by atoms with Crippen LogP contribution in [0.25, 0.3) is 0 Å². The van der Waals surface area contributed by atoms with Gasteiger partial charge in [-0.1, -0.05) is 13.8 Å². The van der Waals surface area contributed by atoms with E-state index in [-0.39, 0.29) is 29.1 Å². The molecular formula is C15H22O3. The third-order valence-electron chi connectivity index (χ3n) is 5.48.